The Morgan fingerprint density at radius 3 is 2.50 bits per heavy atom. The Bertz CT molecular complexity index is 673. The largest absolute Gasteiger partial charge is 0.474 e. The second kappa shape index (κ2) is 5.97. The molecule has 2 aromatic rings. The smallest absolute Gasteiger partial charge is 0.272 e. The number of nitrogens with zero attached hydrogens (tertiary/aromatic N) is 2. The number of aromatic nitrogens is 1. The monoisotopic (exact) mass is 318 g/mol. The van der Waals surface area contributed by atoms with Gasteiger partial charge in [0.15, 0.2) is 17.2 Å². The molecule has 0 radical (unpaired) electrons. The van der Waals surface area contributed by atoms with Gasteiger partial charge in [0.1, 0.15) is 0 Å². The van der Waals surface area contributed by atoms with Gasteiger partial charge in [0.25, 0.3) is 5.91 Å². The number of rotatable bonds is 2. The van der Waals surface area contributed by atoms with Crippen LogP contribution in [0, 0.1) is 0 Å². The standard InChI is InChI=1S/C17H18N2O2.ClH/c1-12(13-8-5-4-6-9-13)19-15-14(10-7-11-18-15)21-17(2,3)16(19)20;/h4-12H,1-3H3;1H. The molecule has 1 atom stereocenters. The lowest BCUT2D eigenvalue weighted by Gasteiger charge is -2.40. The highest BCUT2D eigenvalue weighted by atomic mass is 35.5. The summed E-state index contributed by atoms with van der Waals surface area (Å²) in [5.74, 6) is 1.15. The first-order valence-electron chi connectivity index (χ1n) is 7.03. The third-order valence-corrected chi connectivity index (χ3v) is 3.75. The van der Waals surface area contributed by atoms with Gasteiger partial charge in [-0.15, -0.1) is 12.4 Å². The summed E-state index contributed by atoms with van der Waals surface area (Å²) < 4.78 is 5.79. The number of amides is 1. The molecule has 1 aliphatic heterocycles. The van der Waals surface area contributed by atoms with Crippen molar-refractivity contribution in [1.82, 2.24) is 4.98 Å². The van der Waals surface area contributed by atoms with E-state index in [1.807, 2.05) is 49.4 Å². The zero-order valence-corrected chi connectivity index (χ0v) is 13.6. The summed E-state index contributed by atoms with van der Waals surface area (Å²) in [4.78, 5) is 18.9. The first kappa shape index (κ1) is 16.3. The first-order chi connectivity index (χ1) is 10.0. The van der Waals surface area contributed by atoms with Gasteiger partial charge in [0, 0.05) is 6.20 Å². The second-order valence-corrected chi connectivity index (χ2v) is 5.70. The van der Waals surface area contributed by atoms with Crippen molar-refractivity contribution < 1.29 is 9.53 Å². The number of anilines is 1. The van der Waals surface area contributed by atoms with Gasteiger partial charge in [0.05, 0.1) is 6.04 Å². The Balaban J connectivity index is 0.00000176. The van der Waals surface area contributed by atoms with Crippen LogP contribution < -0.4 is 9.64 Å². The van der Waals surface area contributed by atoms with Gasteiger partial charge in [-0.1, -0.05) is 30.3 Å². The Kier molecular flexibility index (Phi) is 4.42. The number of hydrogen-bond donors (Lipinski definition) is 0. The van der Waals surface area contributed by atoms with Crippen molar-refractivity contribution in [3.63, 3.8) is 0 Å². The van der Waals surface area contributed by atoms with Crippen molar-refractivity contribution in [3.05, 3.63) is 54.2 Å². The van der Waals surface area contributed by atoms with E-state index in [4.69, 9.17) is 4.74 Å². The molecule has 0 N–H and O–H groups in total. The van der Waals surface area contributed by atoms with Crippen molar-refractivity contribution >= 4 is 24.1 Å². The summed E-state index contributed by atoms with van der Waals surface area (Å²) in [6.07, 6.45) is 1.68. The number of halogens is 1. The topological polar surface area (TPSA) is 42.4 Å². The molecule has 0 bridgehead atoms. The summed E-state index contributed by atoms with van der Waals surface area (Å²) in [6, 6.07) is 13.5. The minimum atomic E-state index is -0.890. The van der Waals surface area contributed by atoms with E-state index in [9.17, 15) is 4.79 Å². The number of carbonyl (C=O) groups excluding carboxylic acids is 1. The molecule has 0 saturated carbocycles. The van der Waals surface area contributed by atoms with Gasteiger partial charge >= 0.3 is 0 Å². The van der Waals surface area contributed by atoms with Crippen molar-refractivity contribution in [3.8, 4) is 5.75 Å². The lowest BCUT2D eigenvalue weighted by molar-refractivity contribution is -0.133. The molecule has 1 unspecified atom stereocenters. The van der Waals surface area contributed by atoms with E-state index in [0.29, 0.717) is 11.6 Å². The molecular formula is C17H19ClN2O2. The van der Waals surface area contributed by atoms with E-state index in [2.05, 4.69) is 4.98 Å². The normalized spacial score (nSPS) is 17.0. The molecule has 1 aliphatic rings. The molecule has 3 rings (SSSR count). The molecule has 1 aromatic carbocycles. The molecule has 4 nitrogen and oxygen atoms in total. The number of ether oxygens (including phenoxy) is 1. The summed E-state index contributed by atoms with van der Waals surface area (Å²) in [5.41, 5.74) is 0.180. The molecule has 0 saturated heterocycles. The molecule has 0 aliphatic carbocycles. The first-order valence-corrected chi connectivity index (χ1v) is 7.03. The zero-order chi connectivity index (χ0) is 15.0. The predicted octanol–water partition coefficient (Wildman–Crippen LogP) is 3.77. The Morgan fingerprint density at radius 2 is 1.82 bits per heavy atom. The highest BCUT2D eigenvalue weighted by Crippen LogP contribution is 2.40. The Labute approximate surface area is 136 Å². The minimum Gasteiger partial charge on any atom is -0.474 e. The van der Waals surface area contributed by atoms with Gasteiger partial charge < -0.3 is 4.74 Å². The Morgan fingerprint density at radius 1 is 1.14 bits per heavy atom. The highest BCUT2D eigenvalue weighted by Gasteiger charge is 2.43. The molecule has 2 heterocycles. The average Bonchev–Trinajstić information content (AvgIpc) is 2.48. The van der Waals surface area contributed by atoms with Gasteiger partial charge in [-0.2, -0.15) is 0 Å². The minimum absolute atomic E-state index is 0. The van der Waals surface area contributed by atoms with Crippen LogP contribution in [0.2, 0.25) is 0 Å². The molecule has 0 fully saturated rings. The van der Waals surface area contributed by atoms with E-state index in [1.165, 1.54) is 0 Å². The van der Waals surface area contributed by atoms with Crippen LogP contribution in [0.4, 0.5) is 5.82 Å². The summed E-state index contributed by atoms with van der Waals surface area (Å²) in [6.45, 7) is 5.58. The van der Waals surface area contributed by atoms with E-state index >= 15 is 0 Å². The molecule has 1 amide bonds. The van der Waals surface area contributed by atoms with Crippen LogP contribution in [-0.2, 0) is 4.79 Å². The lowest BCUT2D eigenvalue weighted by atomic mass is 10.0. The molecule has 1 aromatic heterocycles. The van der Waals surface area contributed by atoms with E-state index in [1.54, 1.807) is 24.9 Å². The molecule has 22 heavy (non-hydrogen) atoms. The highest BCUT2D eigenvalue weighted by molar-refractivity contribution is 6.01. The molecular weight excluding hydrogens is 300 g/mol. The summed E-state index contributed by atoms with van der Waals surface area (Å²) in [7, 11) is 0. The van der Waals surface area contributed by atoms with Gasteiger partial charge in [-0.3, -0.25) is 9.69 Å². The van der Waals surface area contributed by atoms with E-state index < -0.39 is 5.60 Å². The molecule has 0 spiro atoms. The van der Waals surface area contributed by atoms with E-state index in [-0.39, 0.29) is 24.4 Å². The van der Waals surface area contributed by atoms with Crippen LogP contribution in [0.3, 0.4) is 0 Å². The maximum Gasteiger partial charge on any atom is 0.272 e. The van der Waals surface area contributed by atoms with Crippen LogP contribution in [0.15, 0.2) is 48.7 Å². The van der Waals surface area contributed by atoms with Gasteiger partial charge in [0.2, 0.25) is 0 Å². The maximum atomic E-state index is 12.8. The summed E-state index contributed by atoms with van der Waals surface area (Å²) >= 11 is 0. The number of fused-ring (bicyclic) bond motifs is 1. The van der Waals surface area contributed by atoms with Crippen molar-refractivity contribution in [2.24, 2.45) is 0 Å². The third kappa shape index (κ3) is 2.66. The number of benzene rings is 1. The van der Waals surface area contributed by atoms with E-state index in [0.717, 1.165) is 5.56 Å². The van der Waals surface area contributed by atoms with Gasteiger partial charge in [-0.05, 0) is 38.5 Å². The fraction of sp³-hybridized carbons (Fsp3) is 0.294. The molecule has 116 valence electrons. The lowest BCUT2D eigenvalue weighted by Crippen LogP contribution is -2.53. The van der Waals surface area contributed by atoms with Crippen LogP contribution in [0.25, 0.3) is 0 Å². The van der Waals surface area contributed by atoms with Crippen LogP contribution in [0.5, 0.6) is 5.75 Å². The number of carbonyl (C=O) groups is 1. The summed E-state index contributed by atoms with van der Waals surface area (Å²) in [5, 5.41) is 0. The van der Waals surface area contributed by atoms with Crippen LogP contribution >= 0.6 is 12.4 Å². The molecule has 5 heteroatoms. The average molecular weight is 319 g/mol. The predicted molar refractivity (Wildman–Crippen MR) is 88.5 cm³/mol. The zero-order valence-electron chi connectivity index (χ0n) is 12.8. The second-order valence-electron chi connectivity index (χ2n) is 5.70. The fourth-order valence-corrected chi connectivity index (χ4v) is 2.59. The van der Waals surface area contributed by atoms with Crippen LogP contribution in [0.1, 0.15) is 32.4 Å². The third-order valence-electron chi connectivity index (χ3n) is 3.75. The maximum absolute atomic E-state index is 12.8. The van der Waals surface area contributed by atoms with Gasteiger partial charge in [-0.25, -0.2) is 4.98 Å². The van der Waals surface area contributed by atoms with Crippen molar-refractivity contribution in [2.45, 2.75) is 32.4 Å². The Hall–Kier alpha value is -2.07. The number of pyridine rings is 1. The SMILES string of the molecule is CC(c1ccccc1)N1C(=O)C(C)(C)Oc2cccnc21.Cl. The van der Waals surface area contributed by atoms with Crippen LogP contribution in [-0.4, -0.2) is 16.5 Å². The number of hydrogen-bond acceptors (Lipinski definition) is 3. The fourth-order valence-electron chi connectivity index (χ4n) is 2.59. The quantitative estimate of drug-likeness (QED) is 0.846. The van der Waals surface area contributed by atoms with Crippen molar-refractivity contribution in [2.75, 3.05) is 4.90 Å². The van der Waals surface area contributed by atoms with Crippen molar-refractivity contribution in [1.29, 1.82) is 0 Å².